The number of thiazole rings is 1. The highest BCUT2D eigenvalue weighted by atomic mass is 32.1. The van der Waals surface area contributed by atoms with Crippen LogP contribution >= 0.6 is 11.3 Å². The average molecular weight is 284 g/mol. The van der Waals surface area contributed by atoms with Crippen molar-refractivity contribution in [1.82, 2.24) is 9.97 Å². The van der Waals surface area contributed by atoms with Crippen LogP contribution in [0.3, 0.4) is 0 Å². The van der Waals surface area contributed by atoms with Crippen molar-refractivity contribution in [3.8, 4) is 0 Å². The summed E-state index contributed by atoms with van der Waals surface area (Å²) in [5.41, 5.74) is 8.23. The van der Waals surface area contributed by atoms with Gasteiger partial charge in [-0.25, -0.2) is 4.98 Å². The van der Waals surface area contributed by atoms with Crippen molar-refractivity contribution in [1.29, 1.82) is 0 Å². The van der Waals surface area contributed by atoms with Crippen molar-refractivity contribution in [2.24, 2.45) is 0 Å². The maximum absolute atomic E-state index is 5.81. The van der Waals surface area contributed by atoms with Gasteiger partial charge in [0.05, 0.1) is 11.1 Å². The minimum Gasteiger partial charge on any atom is -0.399 e. The Kier molecular flexibility index (Phi) is 3.06. The summed E-state index contributed by atoms with van der Waals surface area (Å²) >= 11 is 1.65. The van der Waals surface area contributed by atoms with E-state index in [9.17, 15) is 0 Å². The van der Waals surface area contributed by atoms with E-state index in [0.717, 1.165) is 27.3 Å². The fourth-order valence-corrected chi connectivity index (χ4v) is 2.91. The first-order valence-corrected chi connectivity index (χ1v) is 7.27. The molecule has 20 heavy (non-hydrogen) atoms. The van der Waals surface area contributed by atoms with Crippen LogP contribution in [0.2, 0.25) is 0 Å². The molecule has 0 bridgehead atoms. The molecule has 0 unspecified atom stereocenters. The average Bonchev–Trinajstić information content (AvgIpc) is 2.93. The first kappa shape index (κ1) is 12.9. The maximum atomic E-state index is 5.81. The van der Waals surface area contributed by atoms with Crippen LogP contribution in [-0.4, -0.2) is 9.97 Å². The molecule has 3 aromatic rings. The van der Waals surface area contributed by atoms with Crippen molar-refractivity contribution in [2.45, 2.75) is 19.4 Å². The van der Waals surface area contributed by atoms with Crippen molar-refractivity contribution >= 4 is 33.6 Å². The Labute approximate surface area is 121 Å². The molecule has 3 rings (SSSR count). The number of pyridine rings is 1. The zero-order valence-electron chi connectivity index (χ0n) is 11.4. The van der Waals surface area contributed by atoms with Gasteiger partial charge in [0, 0.05) is 34.5 Å². The standard InChI is InChI=1S/C15H16N4S/c1-15(2,14-18-7-8-20-14)19-12-5-6-17-13-9-10(16)3-4-11(12)13/h3-9H,16H2,1-2H3,(H,17,19). The van der Waals surface area contributed by atoms with E-state index in [0.29, 0.717) is 0 Å². The Bertz CT molecular complexity index is 735. The van der Waals surface area contributed by atoms with Crippen molar-refractivity contribution < 1.29 is 0 Å². The second-order valence-electron chi connectivity index (χ2n) is 5.22. The summed E-state index contributed by atoms with van der Waals surface area (Å²) in [4.78, 5) is 8.76. The van der Waals surface area contributed by atoms with E-state index in [1.807, 2.05) is 35.8 Å². The van der Waals surface area contributed by atoms with Crippen LogP contribution in [0.15, 0.2) is 42.0 Å². The second kappa shape index (κ2) is 4.76. The summed E-state index contributed by atoms with van der Waals surface area (Å²) in [6.07, 6.45) is 3.62. The summed E-state index contributed by atoms with van der Waals surface area (Å²) in [7, 11) is 0. The molecule has 5 heteroatoms. The number of fused-ring (bicyclic) bond motifs is 1. The number of rotatable bonds is 3. The van der Waals surface area contributed by atoms with E-state index in [2.05, 4.69) is 29.1 Å². The van der Waals surface area contributed by atoms with Gasteiger partial charge in [0.25, 0.3) is 0 Å². The number of nitrogens with zero attached hydrogens (tertiary/aromatic N) is 2. The number of nitrogens with one attached hydrogen (secondary N) is 1. The van der Waals surface area contributed by atoms with Gasteiger partial charge in [-0.15, -0.1) is 11.3 Å². The van der Waals surface area contributed by atoms with Crippen molar-refractivity contribution in [3.63, 3.8) is 0 Å². The highest BCUT2D eigenvalue weighted by Crippen LogP contribution is 2.31. The topological polar surface area (TPSA) is 63.8 Å². The zero-order chi connectivity index (χ0) is 14.2. The molecule has 0 aliphatic rings. The molecular formula is C15H16N4S. The van der Waals surface area contributed by atoms with E-state index in [-0.39, 0.29) is 5.54 Å². The van der Waals surface area contributed by atoms with Gasteiger partial charge >= 0.3 is 0 Å². The highest BCUT2D eigenvalue weighted by molar-refractivity contribution is 7.09. The van der Waals surface area contributed by atoms with Crippen LogP contribution < -0.4 is 11.1 Å². The third-order valence-corrected chi connectivity index (χ3v) is 4.28. The van der Waals surface area contributed by atoms with Crippen LogP contribution in [0.25, 0.3) is 10.9 Å². The SMILES string of the molecule is CC(C)(Nc1ccnc2cc(N)ccc12)c1nccs1. The lowest BCUT2D eigenvalue weighted by Crippen LogP contribution is -2.27. The molecular weight excluding hydrogens is 268 g/mol. The molecule has 3 N–H and O–H groups in total. The van der Waals surface area contributed by atoms with Crippen LogP contribution in [0, 0.1) is 0 Å². The smallest absolute Gasteiger partial charge is 0.117 e. The predicted octanol–water partition coefficient (Wildman–Crippen LogP) is 3.62. The fraction of sp³-hybridized carbons (Fsp3) is 0.200. The molecule has 4 nitrogen and oxygen atoms in total. The molecule has 0 aliphatic heterocycles. The third kappa shape index (κ3) is 2.32. The molecule has 0 radical (unpaired) electrons. The molecule has 0 saturated carbocycles. The lowest BCUT2D eigenvalue weighted by molar-refractivity contribution is 0.605. The normalized spacial score (nSPS) is 11.7. The molecule has 0 fully saturated rings. The minimum absolute atomic E-state index is 0.232. The van der Waals surface area contributed by atoms with Crippen LogP contribution in [-0.2, 0) is 5.54 Å². The van der Waals surface area contributed by atoms with Gasteiger partial charge in [0.1, 0.15) is 5.01 Å². The second-order valence-corrected chi connectivity index (χ2v) is 6.12. The first-order chi connectivity index (χ1) is 9.56. The molecule has 1 aromatic carbocycles. The van der Waals surface area contributed by atoms with Crippen LogP contribution in [0.5, 0.6) is 0 Å². The number of hydrogen-bond acceptors (Lipinski definition) is 5. The molecule has 102 valence electrons. The summed E-state index contributed by atoms with van der Waals surface area (Å²) in [5.74, 6) is 0. The maximum Gasteiger partial charge on any atom is 0.117 e. The van der Waals surface area contributed by atoms with E-state index >= 15 is 0 Å². The number of anilines is 2. The summed E-state index contributed by atoms with van der Waals surface area (Å²) < 4.78 is 0. The predicted molar refractivity (Wildman–Crippen MR) is 84.9 cm³/mol. The largest absolute Gasteiger partial charge is 0.399 e. The quantitative estimate of drug-likeness (QED) is 0.721. The van der Waals surface area contributed by atoms with Gasteiger partial charge in [-0.1, -0.05) is 0 Å². The van der Waals surface area contributed by atoms with Crippen molar-refractivity contribution in [3.05, 3.63) is 47.0 Å². The Morgan fingerprint density at radius 3 is 2.75 bits per heavy atom. The minimum atomic E-state index is -0.232. The Morgan fingerprint density at radius 1 is 1.15 bits per heavy atom. The Hall–Kier alpha value is -2.14. The van der Waals surface area contributed by atoms with Gasteiger partial charge in [-0.05, 0) is 38.1 Å². The molecule has 0 amide bonds. The van der Waals surface area contributed by atoms with E-state index in [4.69, 9.17) is 5.73 Å². The number of aromatic nitrogens is 2. The van der Waals surface area contributed by atoms with Gasteiger partial charge in [0.2, 0.25) is 0 Å². The van der Waals surface area contributed by atoms with Gasteiger partial charge in [0.15, 0.2) is 0 Å². The number of hydrogen-bond donors (Lipinski definition) is 2. The highest BCUT2D eigenvalue weighted by Gasteiger charge is 2.23. The first-order valence-electron chi connectivity index (χ1n) is 6.39. The van der Waals surface area contributed by atoms with Gasteiger partial charge < -0.3 is 11.1 Å². The summed E-state index contributed by atoms with van der Waals surface area (Å²) in [5, 5.41) is 7.66. The molecule has 0 atom stereocenters. The van der Waals surface area contributed by atoms with Crippen LogP contribution in [0.1, 0.15) is 18.9 Å². The number of benzene rings is 1. The van der Waals surface area contributed by atoms with Crippen LogP contribution in [0.4, 0.5) is 11.4 Å². The summed E-state index contributed by atoms with van der Waals surface area (Å²) in [6.45, 7) is 4.24. The van der Waals surface area contributed by atoms with E-state index in [1.54, 1.807) is 17.5 Å². The number of nitrogens with two attached hydrogens (primary N) is 1. The summed E-state index contributed by atoms with van der Waals surface area (Å²) in [6, 6.07) is 7.76. The Balaban J connectivity index is 2.03. The Morgan fingerprint density at radius 2 is 2.00 bits per heavy atom. The molecule has 2 heterocycles. The molecule has 0 aliphatic carbocycles. The molecule has 0 saturated heterocycles. The fourth-order valence-electron chi connectivity index (χ4n) is 2.20. The lowest BCUT2D eigenvalue weighted by atomic mass is 10.0. The van der Waals surface area contributed by atoms with E-state index < -0.39 is 0 Å². The van der Waals surface area contributed by atoms with E-state index in [1.165, 1.54) is 0 Å². The zero-order valence-corrected chi connectivity index (χ0v) is 12.2. The van der Waals surface area contributed by atoms with Crippen molar-refractivity contribution in [2.75, 3.05) is 11.1 Å². The monoisotopic (exact) mass is 284 g/mol. The van der Waals surface area contributed by atoms with Gasteiger partial charge in [-0.2, -0.15) is 0 Å². The van der Waals surface area contributed by atoms with Gasteiger partial charge in [-0.3, -0.25) is 4.98 Å². The number of nitrogen functional groups attached to an aromatic ring is 1. The third-order valence-electron chi connectivity index (χ3n) is 3.18. The molecule has 0 spiro atoms. The lowest BCUT2D eigenvalue weighted by Gasteiger charge is -2.26. The molecule has 2 aromatic heterocycles.